The molecule has 5 heteroatoms. The molecule has 2 heterocycles. The van der Waals surface area contributed by atoms with Gasteiger partial charge in [-0.25, -0.2) is 4.79 Å². The largest absolute Gasteiger partial charge is 0.462 e. The van der Waals surface area contributed by atoms with Crippen LogP contribution >= 0.6 is 0 Å². The van der Waals surface area contributed by atoms with Gasteiger partial charge < -0.3 is 9.47 Å². The summed E-state index contributed by atoms with van der Waals surface area (Å²) in [6.45, 7) is 9.48. The van der Waals surface area contributed by atoms with Crippen molar-refractivity contribution in [1.29, 1.82) is 0 Å². The Morgan fingerprint density at radius 1 is 1.53 bits per heavy atom. The molecule has 1 aliphatic heterocycles. The Kier molecular flexibility index (Phi) is 3.94. The van der Waals surface area contributed by atoms with Gasteiger partial charge in [-0.15, -0.1) is 0 Å². The third kappa shape index (κ3) is 2.97. The van der Waals surface area contributed by atoms with Gasteiger partial charge in [0.2, 0.25) is 0 Å². The molecule has 19 heavy (non-hydrogen) atoms. The molecule has 1 aliphatic rings. The van der Waals surface area contributed by atoms with E-state index in [4.69, 9.17) is 9.47 Å². The van der Waals surface area contributed by atoms with E-state index >= 15 is 0 Å². The topological polar surface area (TPSA) is 53.3 Å². The van der Waals surface area contributed by atoms with E-state index in [1.54, 1.807) is 0 Å². The minimum Gasteiger partial charge on any atom is -0.462 e. The highest BCUT2D eigenvalue weighted by molar-refractivity contribution is 5.92. The predicted molar refractivity (Wildman–Crippen MR) is 71.0 cm³/mol. The lowest BCUT2D eigenvalue weighted by atomic mass is 10.1. The zero-order valence-corrected chi connectivity index (χ0v) is 12.2. The number of carbonyl (C=O) groups excluding carboxylic acids is 1. The number of aryl methyl sites for hydroxylation is 1. The minimum absolute atomic E-state index is 0.241. The maximum absolute atomic E-state index is 12.1. The van der Waals surface area contributed by atoms with Gasteiger partial charge in [-0.3, -0.25) is 4.68 Å². The highest BCUT2D eigenvalue weighted by Gasteiger charge is 2.32. The number of unbranched alkanes of at least 4 members (excludes halogenated alkanes) is 1. The molecular formula is C14H22N2O3. The molecule has 0 bridgehead atoms. The highest BCUT2D eigenvalue weighted by atomic mass is 16.5. The van der Waals surface area contributed by atoms with Crippen molar-refractivity contribution in [3.05, 3.63) is 17.0 Å². The zero-order valence-electron chi connectivity index (χ0n) is 12.2. The predicted octanol–water partition coefficient (Wildman–Crippen LogP) is 2.46. The number of aromatic nitrogens is 2. The third-order valence-electron chi connectivity index (χ3n) is 3.30. The molecule has 2 rings (SSSR count). The summed E-state index contributed by atoms with van der Waals surface area (Å²) in [4.78, 5) is 12.1. The fourth-order valence-electron chi connectivity index (χ4n) is 2.22. The first-order valence-corrected chi connectivity index (χ1v) is 6.82. The molecule has 0 atom stereocenters. The van der Waals surface area contributed by atoms with Crippen molar-refractivity contribution >= 4 is 5.97 Å². The van der Waals surface area contributed by atoms with Gasteiger partial charge in [0.1, 0.15) is 5.56 Å². The van der Waals surface area contributed by atoms with Crippen molar-refractivity contribution in [2.75, 3.05) is 6.61 Å². The lowest BCUT2D eigenvalue weighted by Gasteiger charge is -2.30. The summed E-state index contributed by atoms with van der Waals surface area (Å²) in [6.07, 6.45) is 1.90. The summed E-state index contributed by atoms with van der Waals surface area (Å²) >= 11 is 0. The second-order valence-electron chi connectivity index (χ2n) is 5.60. The molecule has 0 fully saturated rings. The maximum Gasteiger partial charge on any atom is 0.342 e. The standard InChI is InChI=1S/C14H22N2O3/c1-5-6-7-18-13(17)12-10(2)15-16-9-14(3,4)19-8-11(12)16/h5-9H2,1-4H3. The minimum atomic E-state index is -0.282. The van der Waals surface area contributed by atoms with Crippen molar-refractivity contribution in [2.45, 2.75) is 59.3 Å². The van der Waals surface area contributed by atoms with E-state index in [2.05, 4.69) is 12.0 Å². The van der Waals surface area contributed by atoms with Crippen molar-refractivity contribution in [1.82, 2.24) is 9.78 Å². The van der Waals surface area contributed by atoms with Gasteiger partial charge in [-0.2, -0.15) is 5.10 Å². The molecule has 0 spiro atoms. The van der Waals surface area contributed by atoms with E-state index in [1.807, 2.05) is 25.5 Å². The summed E-state index contributed by atoms with van der Waals surface area (Å²) in [5, 5.41) is 4.43. The van der Waals surface area contributed by atoms with Crippen LogP contribution in [0.15, 0.2) is 0 Å². The average Bonchev–Trinajstić information content (AvgIpc) is 2.63. The molecule has 0 amide bonds. The summed E-state index contributed by atoms with van der Waals surface area (Å²) in [5.41, 5.74) is 1.89. The van der Waals surface area contributed by atoms with Gasteiger partial charge in [0, 0.05) is 0 Å². The fourth-order valence-corrected chi connectivity index (χ4v) is 2.22. The van der Waals surface area contributed by atoms with Gasteiger partial charge in [-0.05, 0) is 27.2 Å². The number of hydrogen-bond donors (Lipinski definition) is 0. The Bertz CT molecular complexity index is 477. The van der Waals surface area contributed by atoms with Crippen molar-refractivity contribution < 1.29 is 14.3 Å². The number of esters is 1. The first kappa shape index (κ1) is 14.1. The Balaban J connectivity index is 2.18. The second-order valence-corrected chi connectivity index (χ2v) is 5.60. The van der Waals surface area contributed by atoms with Gasteiger partial charge in [0.05, 0.1) is 36.7 Å². The van der Waals surface area contributed by atoms with Crippen LogP contribution in [0.4, 0.5) is 0 Å². The molecule has 5 nitrogen and oxygen atoms in total. The Morgan fingerprint density at radius 3 is 2.95 bits per heavy atom. The van der Waals surface area contributed by atoms with Crippen molar-refractivity contribution in [3.63, 3.8) is 0 Å². The average molecular weight is 266 g/mol. The molecule has 0 N–H and O–H groups in total. The summed E-state index contributed by atoms with van der Waals surface area (Å²) in [7, 11) is 0. The Morgan fingerprint density at radius 2 is 2.26 bits per heavy atom. The summed E-state index contributed by atoms with van der Waals surface area (Å²) in [5.74, 6) is -0.282. The number of fused-ring (bicyclic) bond motifs is 1. The van der Waals surface area contributed by atoms with E-state index in [9.17, 15) is 4.79 Å². The third-order valence-corrected chi connectivity index (χ3v) is 3.30. The van der Waals surface area contributed by atoms with Crippen LogP contribution in [0.2, 0.25) is 0 Å². The number of rotatable bonds is 4. The second kappa shape index (κ2) is 5.33. The summed E-state index contributed by atoms with van der Waals surface area (Å²) < 4.78 is 12.9. The van der Waals surface area contributed by atoms with Crippen LogP contribution < -0.4 is 0 Å². The van der Waals surface area contributed by atoms with Crippen molar-refractivity contribution in [2.24, 2.45) is 0 Å². The lowest BCUT2D eigenvalue weighted by Crippen LogP contribution is -2.36. The highest BCUT2D eigenvalue weighted by Crippen LogP contribution is 2.26. The van der Waals surface area contributed by atoms with Crippen LogP contribution in [-0.2, 0) is 22.6 Å². The molecule has 1 aromatic rings. The van der Waals surface area contributed by atoms with Gasteiger partial charge in [-0.1, -0.05) is 13.3 Å². The van der Waals surface area contributed by atoms with E-state index in [0.29, 0.717) is 25.3 Å². The first-order valence-electron chi connectivity index (χ1n) is 6.82. The molecule has 106 valence electrons. The van der Waals surface area contributed by atoms with E-state index < -0.39 is 0 Å². The first-order chi connectivity index (χ1) is 8.94. The molecule has 0 saturated carbocycles. The number of carbonyl (C=O) groups is 1. The van der Waals surface area contributed by atoms with Crippen LogP contribution in [0.5, 0.6) is 0 Å². The Labute approximate surface area is 113 Å². The van der Waals surface area contributed by atoms with Gasteiger partial charge in [0.25, 0.3) is 0 Å². The van der Waals surface area contributed by atoms with Crippen molar-refractivity contribution in [3.8, 4) is 0 Å². The summed E-state index contributed by atoms with van der Waals surface area (Å²) in [6, 6.07) is 0. The van der Waals surface area contributed by atoms with Gasteiger partial charge >= 0.3 is 5.97 Å². The number of nitrogens with zero attached hydrogens (tertiary/aromatic N) is 2. The quantitative estimate of drug-likeness (QED) is 0.620. The van der Waals surface area contributed by atoms with E-state index in [1.165, 1.54) is 0 Å². The molecule has 0 aliphatic carbocycles. The van der Waals surface area contributed by atoms with E-state index in [0.717, 1.165) is 24.2 Å². The van der Waals surface area contributed by atoms with Crippen LogP contribution in [0, 0.1) is 6.92 Å². The SMILES string of the molecule is CCCCOC(=O)c1c(C)nn2c1COC(C)(C)C2. The van der Waals surface area contributed by atoms with Gasteiger partial charge in [0.15, 0.2) is 0 Å². The molecule has 1 aromatic heterocycles. The van der Waals surface area contributed by atoms with Crippen LogP contribution in [0.1, 0.15) is 55.4 Å². The molecule has 0 aromatic carbocycles. The smallest absolute Gasteiger partial charge is 0.342 e. The fraction of sp³-hybridized carbons (Fsp3) is 0.714. The normalized spacial score (nSPS) is 17.1. The molecule has 0 saturated heterocycles. The lowest BCUT2D eigenvalue weighted by molar-refractivity contribution is -0.0665. The molecular weight excluding hydrogens is 244 g/mol. The van der Waals surface area contributed by atoms with E-state index in [-0.39, 0.29) is 11.6 Å². The molecule has 0 unspecified atom stereocenters. The van der Waals surface area contributed by atoms with Crippen LogP contribution in [0.3, 0.4) is 0 Å². The molecule has 0 radical (unpaired) electrons. The zero-order chi connectivity index (χ0) is 14.0. The maximum atomic E-state index is 12.1. The van der Waals surface area contributed by atoms with Crippen LogP contribution in [-0.4, -0.2) is 28.0 Å². The number of hydrogen-bond acceptors (Lipinski definition) is 4. The number of ether oxygens (including phenoxy) is 2. The Hall–Kier alpha value is -1.36. The van der Waals surface area contributed by atoms with Crippen LogP contribution in [0.25, 0.3) is 0 Å². The monoisotopic (exact) mass is 266 g/mol.